The molecule has 0 aliphatic carbocycles. The molecular weight excluding hydrogens is 547 g/mol. The third-order valence-electron chi connectivity index (χ3n) is 6.09. The number of halogens is 1. The summed E-state index contributed by atoms with van der Waals surface area (Å²) >= 11 is 2.21. The zero-order chi connectivity index (χ0) is 24.7. The molecule has 2 N–H and O–H groups in total. The summed E-state index contributed by atoms with van der Waals surface area (Å²) in [4.78, 5) is 34.5. The Morgan fingerprint density at radius 1 is 1.29 bits per heavy atom. The average molecular weight is 580 g/mol. The molecule has 2 amide bonds. The number of carbonyl (C=O) groups is 2. The van der Waals surface area contributed by atoms with Crippen molar-refractivity contribution in [1.29, 1.82) is 0 Å². The molecule has 0 unspecified atom stereocenters. The van der Waals surface area contributed by atoms with Crippen molar-refractivity contribution in [2.75, 3.05) is 19.7 Å². The number of likely N-dealkylation sites (tertiary alicyclic amines) is 1. The van der Waals surface area contributed by atoms with Crippen molar-refractivity contribution in [3.63, 3.8) is 0 Å². The van der Waals surface area contributed by atoms with Gasteiger partial charge in [-0.3, -0.25) is 9.78 Å². The largest absolute Gasteiger partial charge is 0.489 e. The molecule has 1 atom stereocenters. The third-order valence-corrected chi connectivity index (χ3v) is 7.17. The maximum absolute atomic E-state index is 12.8. The van der Waals surface area contributed by atoms with Gasteiger partial charge in [-0.1, -0.05) is 20.8 Å². The maximum Gasteiger partial charge on any atom is 0.410 e. The molecule has 2 aliphatic rings. The number of ether oxygens (including phenoxy) is 2. The number of amides is 2. The van der Waals surface area contributed by atoms with E-state index < -0.39 is 5.60 Å². The molecule has 4 rings (SSSR count). The molecule has 4 heterocycles. The van der Waals surface area contributed by atoms with E-state index in [4.69, 9.17) is 9.47 Å². The summed E-state index contributed by atoms with van der Waals surface area (Å²) in [5.41, 5.74) is 2.87. The van der Waals surface area contributed by atoms with Crippen LogP contribution in [-0.2, 0) is 11.2 Å². The van der Waals surface area contributed by atoms with E-state index in [0.717, 1.165) is 39.8 Å². The van der Waals surface area contributed by atoms with Crippen LogP contribution in [0.4, 0.5) is 4.79 Å². The molecular formula is C25H33IN4O4. The molecule has 0 aromatic carbocycles. The fraction of sp³-hybridized carbons (Fsp3) is 0.560. The second-order valence-corrected chi connectivity index (χ2v) is 11.9. The van der Waals surface area contributed by atoms with Crippen LogP contribution in [0.2, 0.25) is 0 Å². The van der Waals surface area contributed by atoms with Crippen LogP contribution in [0.3, 0.4) is 0 Å². The molecule has 184 valence electrons. The van der Waals surface area contributed by atoms with Crippen LogP contribution in [0.1, 0.15) is 63.5 Å². The smallest absolute Gasteiger partial charge is 0.410 e. The van der Waals surface area contributed by atoms with Gasteiger partial charge in [0.1, 0.15) is 18.0 Å². The van der Waals surface area contributed by atoms with E-state index in [1.54, 1.807) is 17.3 Å². The van der Waals surface area contributed by atoms with Gasteiger partial charge in [-0.25, -0.2) is 4.79 Å². The van der Waals surface area contributed by atoms with Crippen molar-refractivity contribution < 1.29 is 19.1 Å². The zero-order valence-corrected chi connectivity index (χ0v) is 22.6. The number of fused-ring (bicyclic) bond motifs is 1. The van der Waals surface area contributed by atoms with Crippen LogP contribution in [0.15, 0.2) is 18.5 Å². The van der Waals surface area contributed by atoms with E-state index in [1.807, 2.05) is 19.9 Å². The van der Waals surface area contributed by atoms with E-state index in [0.29, 0.717) is 31.0 Å². The SMILES string of the molecule is CC(C)(C)CC(C)(C)OC(=O)N1CC[C@H]1COc1cnccc1-c1[nH]c2c(c1I)C(=O)NCC2. The molecule has 2 aromatic rings. The summed E-state index contributed by atoms with van der Waals surface area (Å²) in [6.45, 7) is 12.0. The van der Waals surface area contributed by atoms with E-state index in [-0.39, 0.29) is 23.5 Å². The molecule has 1 fully saturated rings. The highest BCUT2D eigenvalue weighted by atomic mass is 127. The molecule has 0 saturated carbocycles. The standard InChI is InChI=1S/C25H33IN4O4/c1-24(2,3)14-25(4,5)34-23(32)30-11-8-15(30)13-33-18-12-27-9-6-16(18)21-20(26)19-17(29-21)7-10-28-22(19)31/h6,9,12,15,29H,7-8,10-11,13-14H2,1-5H3,(H,28,31)/t15-/m0/s1. The van der Waals surface area contributed by atoms with Crippen molar-refractivity contribution in [1.82, 2.24) is 20.2 Å². The van der Waals surface area contributed by atoms with Crippen LogP contribution >= 0.6 is 22.6 Å². The molecule has 1 saturated heterocycles. The summed E-state index contributed by atoms with van der Waals surface area (Å²) in [7, 11) is 0. The first-order valence-electron chi connectivity index (χ1n) is 11.7. The lowest BCUT2D eigenvalue weighted by Crippen LogP contribution is -2.55. The van der Waals surface area contributed by atoms with Gasteiger partial charge in [-0.05, 0) is 60.8 Å². The summed E-state index contributed by atoms with van der Waals surface area (Å²) in [5.74, 6) is 0.565. The molecule has 2 aromatic heterocycles. The molecule has 8 nitrogen and oxygen atoms in total. The lowest BCUT2D eigenvalue weighted by molar-refractivity contribution is -0.0364. The molecule has 0 spiro atoms. The minimum atomic E-state index is -0.539. The van der Waals surface area contributed by atoms with Crippen LogP contribution in [-0.4, -0.2) is 58.2 Å². The van der Waals surface area contributed by atoms with E-state index >= 15 is 0 Å². The number of pyridine rings is 1. The Kier molecular flexibility index (Phi) is 6.85. The summed E-state index contributed by atoms with van der Waals surface area (Å²) in [5, 5.41) is 2.90. The minimum Gasteiger partial charge on any atom is -0.489 e. The second kappa shape index (κ2) is 9.39. The Morgan fingerprint density at radius 3 is 2.71 bits per heavy atom. The fourth-order valence-electron chi connectivity index (χ4n) is 4.88. The average Bonchev–Trinajstić information content (AvgIpc) is 3.03. The highest BCUT2D eigenvalue weighted by molar-refractivity contribution is 14.1. The van der Waals surface area contributed by atoms with Crippen molar-refractivity contribution in [3.05, 3.63) is 33.3 Å². The lowest BCUT2D eigenvalue weighted by atomic mass is 9.84. The first-order valence-corrected chi connectivity index (χ1v) is 12.8. The van der Waals surface area contributed by atoms with E-state index in [2.05, 4.69) is 58.6 Å². The number of hydrogen-bond donors (Lipinski definition) is 2. The van der Waals surface area contributed by atoms with Gasteiger partial charge >= 0.3 is 6.09 Å². The maximum atomic E-state index is 12.8. The predicted molar refractivity (Wildman–Crippen MR) is 138 cm³/mol. The second-order valence-electron chi connectivity index (χ2n) is 10.9. The van der Waals surface area contributed by atoms with Crippen LogP contribution in [0, 0.1) is 8.99 Å². The highest BCUT2D eigenvalue weighted by Crippen LogP contribution is 2.36. The Balaban J connectivity index is 1.44. The molecule has 2 aliphatic heterocycles. The number of H-pyrrole nitrogens is 1. The van der Waals surface area contributed by atoms with Crippen molar-refractivity contribution >= 4 is 34.6 Å². The van der Waals surface area contributed by atoms with Gasteiger partial charge in [0.05, 0.1) is 27.1 Å². The van der Waals surface area contributed by atoms with Crippen molar-refractivity contribution in [3.8, 4) is 17.0 Å². The van der Waals surface area contributed by atoms with Gasteiger partial charge in [0, 0.05) is 37.0 Å². The molecule has 0 bridgehead atoms. The quantitative estimate of drug-likeness (QED) is 0.480. The predicted octanol–water partition coefficient (Wildman–Crippen LogP) is 4.77. The minimum absolute atomic E-state index is 0.0484. The van der Waals surface area contributed by atoms with Crippen molar-refractivity contribution in [2.45, 2.75) is 65.5 Å². The number of aromatic nitrogens is 2. The Morgan fingerprint density at radius 2 is 2.06 bits per heavy atom. The van der Waals surface area contributed by atoms with Gasteiger partial charge in [-0.2, -0.15) is 0 Å². The van der Waals surface area contributed by atoms with Gasteiger partial charge in [0.25, 0.3) is 5.91 Å². The normalized spacial score (nSPS) is 18.1. The van der Waals surface area contributed by atoms with E-state index in [1.165, 1.54) is 0 Å². The first kappa shape index (κ1) is 24.8. The van der Waals surface area contributed by atoms with Gasteiger partial charge in [-0.15, -0.1) is 0 Å². The molecule has 9 heteroatoms. The topological polar surface area (TPSA) is 96.5 Å². The third kappa shape index (κ3) is 5.34. The first-order chi connectivity index (χ1) is 16.0. The Hall–Kier alpha value is -2.30. The number of nitrogens with zero attached hydrogens (tertiary/aromatic N) is 2. The number of rotatable bonds is 6. The molecule has 0 radical (unpaired) electrons. The van der Waals surface area contributed by atoms with Crippen LogP contribution < -0.4 is 10.1 Å². The van der Waals surface area contributed by atoms with Gasteiger partial charge < -0.3 is 24.7 Å². The number of aromatic amines is 1. The monoisotopic (exact) mass is 580 g/mol. The zero-order valence-electron chi connectivity index (χ0n) is 20.5. The van der Waals surface area contributed by atoms with Crippen LogP contribution in [0.5, 0.6) is 5.75 Å². The summed E-state index contributed by atoms with van der Waals surface area (Å²) < 4.78 is 12.9. The number of hydrogen-bond acceptors (Lipinski definition) is 5. The van der Waals surface area contributed by atoms with Crippen LogP contribution in [0.25, 0.3) is 11.3 Å². The fourth-order valence-corrected chi connectivity index (χ4v) is 5.87. The highest BCUT2D eigenvalue weighted by Gasteiger charge is 2.38. The van der Waals surface area contributed by atoms with Gasteiger partial charge in [0.15, 0.2) is 0 Å². The Bertz CT molecular complexity index is 1090. The summed E-state index contributed by atoms with van der Waals surface area (Å²) in [6, 6.07) is 1.84. The van der Waals surface area contributed by atoms with Crippen molar-refractivity contribution in [2.24, 2.45) is 5.41 Å². The number of carbonyl (C=O) groups excluding carboxylic acids is 2. The van der Waals surface area contributed by atoms with Gasteiger partial charge in [0.2, 0.25) is 0 Å². The molecule has 34 heavy (non-hydrogen) atoms. The van der Waals surface area contributed by atoms with E-state index in [9.17, 15) is 9.59 Å². The summed E-state index contributed by atoms with van der Waals surface area (Å²) in [6.07, 6.45) is 5.50. The Labute approximate surface area is 214 Å². The number of nitrogens with one attached hydrogen (secondary N) is 2. The lowest BCUT2D eigenvalue weighted by Gasteiger charge is -2.42.